The third-order valence-electron chi connectivity index (χ3n) is 5.52. The molecular formula is C24H25N3O3. The molecule has 1 aliphatic rings. The third-order valence-corrected chi connectivity index (χ3v) is 5.52. The molecule has 0 bridgehead atoms. The van der Waals surface area contributed by atoms with Crippen molar-refractivity contribution < 1.29 is 14.3 Å². The molecule has 1 N–H and O–H groups in total. The Kier molecular flexibility index (Phi) is 6.02. The highest BCUT2D eigenvalue weighted by molar-refractivity contribution is 6.05. The molecule has 2 aromatic heterocycles. The van der Waals surface area contributed by atoms with Crippen LogP contribution in [0.4, 0.5) is 0 Å². The van der Waals surface area contributed by atoms with E-state index >= 15 is 0 Å². The highest BCUT2D eigenvalue weighted by Gasteiger charge is 2.24. The number of hydrogen-bond donors (Lipinski definition) is 1. The molecule has 4 rings (SSSR count). The maximum Gasteiger partial charge on any atom is 0.339 e. The molecule has 0 saturated heterocycles. The molecule has 2 heterocycles. The summed E-state index contributed by atoms with van der Waals surface area (Å²) >= 11 is 0. The summed E-state index contributed by atoms with van der Waals surface area (Å²) in [6, 6.07) is 13.0. The fraction of sp³-hybridized carbons (Fsp3) is 0.333. The van der Waals surface area contributed by atoms with Crippen molar-refractivity contribution in [3.8, 4) is 11.3 Å². The first-order valence-electron chi connectivity index (χ1n) is 10.4. The SMILES string of the molecule is CC(OC(=O)c1cc(-c2ccncc2)nc2ccccc12)C(=O)NC1CCCCC1. The van der Waals surface area contributed by atoms with Crippen molar-refractivity contribution in [2.75, 3.05) is 0 Å². The maximum absolute atomic E-state index is 13.0. The van der Waals surface area contributed by atoms with Crippen molar-refractivity contribution in [1.82, 2.24) is 15.3 Å². The number of nitrogens with one attached hydrogen (secondary N) is 1. The molecule has 0 aliphatic heterocycles. The number of ether oxygens (including phenoxy) is 1. The second-order valence-electron chi connectivity index (χ2n) is 7.70. The molecule has 1 saturated carbocycles. The fourth-order valence-electron chi connectivity index (χ4n) is 3.86. The Morgan fingerprint density at radius 1 is 1.07 bits per heavy atom. The molecule has 0 spiro atoms. The number of benzene rings is 1. The van der Waals surface area contributed by atoms with Crippen LogP contribution in [0.1, 0.15) is 49.4 Å². The quantitative estimate of drug-likeness (QED) is 0.643. The molecule has 154 valence electrons. The van der Waals surface area contributed by atoms with Crippen LogP contribution in [0.2, 0.25) is 0 Å². The lowest BCUT2D eigenvalue weighted by molar-refractivity contribution is -0.130. The van der Waals surface area contributed by atoms with Gasteiger partial charge >= 0.3 is 5.97 Å². The number of hydrogen-bond acceptors (Lipinski definition) is 5. The molecule has 1 aliphatic carbocycles. The van der Waals surface area contributed by atoms with E-state index in [0.717, 1.165) is 31.2 Å². The van der Waals surface area contributed by atoms with E-state index in [2.05, 4.69) is 15.3 Å². The van der Waals surface area contributed by atoms with Gasteiger partial charge in [0.1, 0.15) is 0 Å². The molecule has 30 heavy (non-hydrogen) atoms. The van der Waals surface area contributed by atoms with Gasteiger partial charge in [-0.2, -0.15) is 0 Å². The zero-order valence-electron chi connectivity index (χ0n) is 17.0. The van der Waals surface area contributed by atoms with Gasteiger partial charge in [-0.1, -0.05) is 37.5 Å². The van der Waals surface area contributed by atoms with Crippen LogP contribution in [-0.4, -0.2) is 34.0 Å². The number of carbonyl (C=O) groups excluding carboxylic acids is 2. The van der Waals surface area contributed by atoms with Gasteiger partial charge in [0.25, 0.3) is 5.91 Å². The largest absolute Gasteiger partial charge is 0.449 e. The lowest BCUT2D eigenvalue weighted by Crippen LogP contribution is -2.42. The van der Waals surface area contributed by atoms with E-state index < -0.39 is 12.1 Å². The van der Waals surface area contributed by atoms with E-state index in [4.69, 9.17) is 4.74 Å². The molecule has 0 radical (unpaired) electrons. The number of nitrogens with zero attached hydrogens (tertiary/aromatic N) is 2. The van der Waals surface area contributed by atoms with Crippen LogP contribution in [0.25, 0.3) is 22.2 Å². The van der Waals surface area contributed by atoms with Gasteiger partial charge in [0, 0.05) is 29.4 Å². The number of aromatic nitrogens is 2. The summed E-state index contributed by atoms with van der Waals surface area (Å²) < 4.78 is 5.55. The minimum Gasteiger partial charge on any atom is -0.449 e. The van der Waals surface area contributed by atoms with Gasteiger partial charge in [-0.05, 0) is 44.0 Å². The van der Waals surface area contributed by atoms with Gasteiger partial charge in [0.15, 0.2) is 6.10 Å². The molecule has 1 fully saturated rings. The molecular weight excluding hydrogens is 378 g/mol. The number of amides is 1. The van der Waals surface area contributed by atoms with Gasteiger partial charge < -0.3 is 10.1 Å². The second kappa shape index (κ2) is 9.03. The Bertz CT molecular complexity index is 1050. The fourth-order valence-corrected chi connectivity index (χ4v) is 3.86. The summed E-state index contributed by atoms with van der Waals surface area (Å²) in [5, 5.41) is 3.71. The summed E-state index contributed by atoms with van der Waals surface area (Å²) in [6.45, 7) is 1.61. The van der Waals surface area contributed by atoms with Gasteiger partial charge in [-0.25, -0.2) is 9.78 Å². The number of pyridine rings is 2. The van der Waals surface area contributed by atoms with E-state index in [1.165, 1.54) is 6.42 Å². The highest BCUT2D eigenvalue weighted by Crippen LogP contribution is 2.25. The summed E-state index contributed by atoms with van der Waals surface area (Å²) in [5.74, 6) is -0.779. The van der Waals surface area contributed by atoms with Crippen LogP contribution in [0, 0.1) is 0 Å². The first-order chi connectivity index (χ1) is 14.6. The Morgan fingerprint density at radius 2 is 1.80 bits per heavy atom. The third kappa shape index (κ3) is 4.48. The van der Waals surface area contributed by atoms with Crippen molar-refractivity contribution in [3.05, 3.63) is 60.4 Å². The van der Waals surface area contributed by atoms with Crippen molar-refractivity contribution in [3.63, 3.8) is 0 Å². The van der Waals surface area contributed by atoms with E-state index in [9.17, 15) is 9.59 Å². The molecule has 1 atom stereocenters. The van der Waals surface area contributed by atoms with E-state index in [1.807, 2.05) is 36.4 Å². The lowest BCUT2D eigenvalue weighted by atomic mass is 9.95. The van der Waals surface area contributed by atoms with Crippen LogP contribution in [0.3, 0.4) is 0 Å². The minimum absolute atomic E-state index is 0.174. The van der Waals surface area contributed by atoms with Gasteiger partial charge in [-0.15, -0.1) is 0 Å². The predicted molar refractivity (Wildman–Crippen MR) is 115 cm³/mol. The molecule has 1 amide bonds. The summed E-state index contributed by atoms with van der Waals surface area (Å²) in [7, 11) is 0. The first-order valence-corrected chi connectivity index (χ1v) is 10.4. The van der Waals surface area contributed by atoms with Crippen molar-refractivity contribution in [2.24, 2.45) is 0 Å². The van der Waals surface area contributed by atoms with Crippen LogP contribution in [0.5, 0.6) is 0 Å². The molecule has 3 aromatic rings. The van der Waals surface area contributed by atoms with Crippen molar-refractivity contribution in [1.29, 1.82) is 0 Å². The number of carbonyl (C=O) groups is 2. The molecule has 6 nitrogen and oxygen atoms in total. The van der Waals surface area contributed by atoms with E-state index in [0.29, 0.717) is 22.2 Å². The summed E-state index contributed by atoms with van der Waals surface area (Å²) in [4.78, 5) is 34.2. The zero-order chi connectivity index (χ0) is 20.9. The monoisotopic (exact) mass is 403 g/mol. The number of rotatable bonds is 5. The summed E-state index contributed by atoms with van der Waals surface area (Å²) in [5.41, 5.74) is 2.60. The average molecular weight is 403 g/mol. The van der Waals surface area contributed by atoms with Crippen molar-refractivity contribution >= 4 is 22.8 Å². The van der Waals surface area contributed by atoms with Gasteiger partial charge in [-0.3, -0.25) is 9.78 Å². The molecule has 1 unspecified atom stereocenters. The topological polar surface area (TPSA) is 81.2 Å². The van der Waals surface area contributed by atoms with Gasteiger partial charge in [0.2, 0.25) is 0 Å². The second-order valence-corrected chi connectivity index (χ2v) is 7.70. The standard InChI is InChI=1S/C24H25N3O3/c1-16(23(28)26-18-7-3-2-4-8-18)30-24(29)20-15-22(17-11-13-25-14-12-17)27-21-10-6-5-9-19(20)21/h5-6,9-16,18H,2-4,7-8H2,1H3,(H,26,28). The lowest BCUT2D eigenvalue weighted by Gasteiger charge is -2.24. The maximum atomic E-state index is 13.0. The normalized spacial score (nSPS) is 15.5. The summed E-state index contributed by atoms with van der Waals surface area (Å²) in [6.07, 6.45) is 7.93. The smallest absolute Gasteiger partial charge is 0.339 e. The molecule has 6 heteroatoms. The molecule has 1 aromatic carbocycles. The Balaban J connectivity index is 1.56. The van der Waals surface area contributed by atoms with Crippen LogP contribution in [-0.2, 0) is 9.53 Å². The predicted octanol–water partition coefficient (Wildman–Crippen LogP) is 4.29. The van der Waals surface area contributed by atoms with Gasteiger partial charge in [0.05, 0.1) is 16.8 Å². The average Bonchev–Trinajstić information content (AvgIpc) is 2.79. The Hall–Kier alpha value is -3.28. The number of para-hydroxylation sites is 1. The van der Waals surface area contributed by atoms with E-state index in [1.54, 1.807) is 25.4 Å². The Labute approximate surface area is 175 Å². The van der Waals surface area contributed by atoms with Crippen LogP contribution in [0.15, 0.2) is 54.9 Å². The van der Waals surface area contributed by atoms with Crippen molar-refractivity contribution in [2.45, 2.75) is 51.2 Å². The van der Waals surface area contributed by atoms with Crippen LogP contribution >= 0.6 is 0 Å². The first kappa shape index (κ1) is 20.0. The number of esters is 1. The Morgan fingerprint density at radius 3 is 2.57 bits per heavy atom. The highest BCUT2D eigenvalue weighted by atomic mass is 16.5. The minimum atomic E-state index is -0.865. The number of fused-ring (bicyclic) bond motifs is 1. The van der Waals surface area contributed by atoms with E-state index in [-0.39, 0.29) is 11.9 Å². The zero-order valence-corrected chi connectivity index (χ0v) is 17.0. The van der Waals surface area contributed by atoms with Crippen LogP contribution < -0.4 is 5.32 Å².